The van der Waals surface area contributed by atoms with Crippen LogP contribution in [0.1, 0.15) is 38.1 Å². The molecule has 0 N–H and O–H groups in total. The maximum atomic E-state index is 12.9. The van der Waals surface area contributed by atoms with Gasteiger partial charge < -0.3 is 4.90 Å². The predicted octanol–water partition coefficient (Wildman–Crippen LogP) is 1.53. The first-order valence-electron chi connectivity index (χ1n) is 11.6. The van der Waals surface area contributed by atoms with Gasteiger partial charge in [-0.25, -0.2) is 0 Å². The molecule has 2 aliphatic heterocycles. The molecule has 0 unspecified atom stereocenters. The third-order valence-electron chi connectivity index (χ3n) is 7.92. The Labute approximate surface area is 185 Å². The van der Waals surface area contributed by atoms with Crippen molar-refractivity contribution in [2.75, 3.05) is 19.6 Å². The van der Waals surface area contributed by atoms with Crippen molar-refractivity contribution in [3.05, 3.63) is 30.3 Å². The Morgan fingerprint density at radius 3 is 2.25 bits per heavy atom. The highest BCUT2D eigenvalue weighted by Crippen LogP contribution is 2.56. The van der Waals surface area contributed by atoms with Crippen LogP contribution in [0.4, 0.5) is 0 Å². The van der Waals surface area contributed by atoms with E-state index in [1.165, 1.54) is 4.90 Å². The van der Waals surface area contributed by atoms with E-state index < -0.39 is 0 Å². The number of hydrogen-bond acceptors (Lipinski definition) is 6. The number of hydrogen-bond donors (Lipinski definition) is 0. The fraction of sp³-hybridized carbons (Fsp3) is 0.565. The molecule has 9 nitrogen and oxygen atoms in total. The van der Waals surface area contributed by atoms with Crippen LogP contribution in [0.15, 0.2) is 30.3 Å². The molecule has 2 bridgehead atoms. The largest absolute Gasteiger partial charge is 0.341 e. The lowest BCUT2D eigenvalue weighted by molar-refractivity contribution is -0.147. The average Bonchev–Trinajstić information content (AvgIpc) is 3.61. The maximum Gasteiger partial charge on any atom is 0.242 e. The van der Waals surface area contributed by atoms with E-state index in [1.54, 1.807) is 9.70 Å². The Hall–Kier alpha value is -3.10. The first kappa shape index (κ1) is 19.6. The van der Waals surface area contributed by atoms with Gasteiger partial charge in [-0.15, -0.1) is 10.2 Å². The van der Waals surface area contributed by atoms with E-state index in [4.69, 9.17) is 0 Å². The van der Waals surface area contributed by atoms with Crippen LogP contribution >= 0.6 is 0 Å². The van der Waals surface area contributed by atoms with Crippen molar-refractivity contribution < 1.29 is 14.4 Å². The highest BCUT2D eigenvalue weighted by Gasteiger charge is 2.61. The van der Waals surface area contributed by atoms with E-state index in [0.717, 1.165) is 24.8 Å². The van der Waals surface area contributed by atoms with E-state index in [1.807, 2.05) is 30.3 Å². The van der Waals surface area contributed by atoms with Crippen LogP contribution in [0, 0.1) is 23.7 Å². The molecule has 3 amide bonds. The summed E-state index contributed by atoms with van der Waals surface area (Å²) >= 11 is 0. The highest BCUT2D eigenvalue weighted by molar-refractivity contribution is 6.08. The number of benzene rings is 1. The van der Waals surface area contributed by atoms with Gasteiger partial charge >= 0.3 is 0 Å². The fourth-order valence-corrected chi connectivity index (χ4v) is 6.29. The van der Waals surface area contributed by atoms with Crippen LogP contribution < -0.4 is 0 Å². The summed E-state index contributed by atoms with van der Waals surface area (Å²) in [5, 5.41) is 12.9. The zero-order valence-corrected chi connectivity index (χ0v) is 17.8. The van der Waals surface area contributed by atoms with Crippen LogP contribution in [0.25, 0.3) is 11.4 Å². The standard InChI is InChI=1S/C23H26N6O3/c30-18(13-28-22(31)19-15-6-7-16(12-15)20(19)23(28)32)27-10-8-17(9-11-27)29-25-21(24-26-29)14-4-2-1-3-5-14/h1-5,15-17,19-20H,6-13H2/t15-,16-,19-,20+/m0/s1. The smallest absolute Gasteiger partial charge is 0.242 e. The molecule has 32 heavy (non-hydrogen) atoms. The van der Waals surface area contributed by atoms with E-state index in [0.29, 0.717) is 43.6 Å². The number of aromatic nitrogens is 4. The molecule has 9 heteroatoms. The van der Waals surface area contributed by atoms with Crippen molar-refractivity contribution in [1.29, 1.82) is 0 Å². The van der Waals surface area contributed by atoms with Crippen LogP contribution in [0.2, 0.25) is 0 Å². The highest BCUT2D eigenvalue weighted by atomic mass is 16.2. The fourth-order valence-electron chi connectivity index (χ4n) is 6.29. The van der Waals surface area contributed by atoms with Gasteiger partial charge in [0.25, 0.3) is 0 Å². The van der Waals surface area contributed by atoms with Crippen molar-refractivity contribution in [1.82, 2.24) is 30.0 Å². The molecule has 166 valence electrons. The molecule has 0 radical (unpaired) electrons. The molecule has 2 aromatic rings. The average molecular weight is 435 g/mol. The minimum absolute atomic E-state index is 0.0778. The van der Waals surface area contributed by atoms with Gasteiger partial charge in [-0.2, -0.15) is 4.80 Å². The number of likely N-dealkylation sites (tertiary alicyclic amines) is 2. The first-order valence-corrected chi connectivity index (χ1v) is 11.6. The van der Waals surface area contributed by atoms with Crippen molar-refractivity contribution in [2.45, 2.75) is 38.1 Å². The number of imide groups is 1. The summed E-state index contributed by atoms with van der Waals surface area (Å²) < 4.78 is 0. The van der Waals surface area contributed by atoms with E-state index in [9.17, 15) is 14.4 Å². The van der Waals surface area contributed by atoms with Gasteiger partial charge in [0, 0.05) is 18.7 Å². The second-order valence-corrected chi connectivity index (χ2v) is 9.56. The summed E-state index contributed by atoms with van der Waals surface area (Å²) in [7, 11) is 0. The molecule has 3 heterocycles. The van der Waals surface area contributed by atoms with Crippen LogP contribution in [0.5, 0.6) is 0 Å². The number of tetrazole rings is 1. The van der Waals surface area contributed by atoms with Crippen molar-refractivity contribution >= 4 is 17.7 Å². The molecule has 1 aromatic carbocycles. The molecular formula is C23H26N6O3. The van der Waals surface area contributed by atoms with E-state index >= 15 is 0 Å². The molecule has 2 saturated heterocycles. The molecule has 2 aliphatic carbocycles. The number of nitrogens with zero attached hydrogens (tertiary/aromatic N) is 6. The number of fused-ring (bicyclic) bond motifs is 5. The Kier molecular flexibility index (Phi) is 4.58. The zero-order chi connectivity index (χ0) is 21.8. The lowest BCUT2D eigenvalue weighted by Gasteiger charge is -2.32. The molecule has 2 saturated carbocycles. The third kappa shape index (κ3) is 3.05. The molecule has 4 aliphatic rings. The van der Waals surface area contributed by atoms with Gasteiger partial charge in [0.2, 0.25) is 23.5 Å². The lowest BCUT2D eigenvalue weighted by atomic mass is 9.81. The third-order valence-corrected chi connectivity index (χ3v) is 7.92. The van der Waals surface area contributed by atoms with Crippen molar-refractivity contribution in [3.63, 3.8) is 0 Å². The van der Waals surface area contributed by atoms with Crippen LogP contribution in [0.3, 0.4) is 0 Å². The lowest BCUT2D eigenvalue weighted by Crippen LogP contribution is -2.46. The molecular weight excluding hydrogens is 408 g/mol. The number of amides is 3. The second-order valence-electron chi connectivity index (χ2n) is 9.56. The summed E-state index contributed by atoms with van der Waals surface area (Å²) in [6.07, 6.45) is 4.52. The Morgan fingerprint density at radius 1 is 0.938 bits per heavy atom. The second kappa shape index (κ2) is 7.50. The molecule has 1 aromatic heterocycles. The normalized spacial score (nSPS) is 29.8. The number of rotatable bonds is 4. The SMILES string of the molecule is O=C(CN1C(=O)[C@@H]2[C@H]3CC[C@@H](C3)[C@@H]2C1=O)N1CCC(n2nnc(-c3ccccc3)n2)CC1. The monoisotopic (exact) mass is 434 g/mol. The molecule has 4 fully saturated rings. The minimum Gasteiger partial charge on any atom is -0.341 e. The summed E-state index contributed by atoms with van der Waals surface area (Å²) in [4.78, 5) is 43.3. The van der Waals surface area contributed by atoms with Gasteiger partial charge in [-0.05, 0) is 49.2 Å². The molecule has 4 atom stereocenters. The summed E-state index contributed by atoms with van der Waals surface area (Å²) in [6, 6.07) is 9.79. The van der Waals surface area contributed by atoms with Gasteiger partial charge in [0.1, 0.15) is 6.54 Å². The van der Waals surface area contributed by atoms with Crippen LogP contribution in [-0.2, 0) is 14.4 Å². The molecule has 6 rings (SSSR count). The zero-order valence-electron chi connectivity index (χ0n) is 17.8. The van der Waals surface area contributed by atoms with Gasteiger partial charge in [-0.1, -0.05) is 30.3 Å². The summed E-state index contributed by atoms with van der Waals surface area (Å²) in [5.41, 5.74) is 0.921. The quantitative estimate of drug-likeness (QED) is 0.677. The Balaban J connectivity index is 1.06. The number of carbonyl (C=O) groups is 3. The minimum atomic E-state index is -0.169. The first-order chi connectivity index (χ1) is 15.6. The Bertz CT molecular complexity index is 1030. The molecule has 0 spiro atoms. The maximum absolute atomic E-state index is 12.9. The van der Waals surface area contributed by atoms with Crippen molar-refractivity contribution in [2.24, 2.45) is 23.7 Å². The van der Waals surface area contributed by atoms with Gasteiger partial charge in [0.05, 0.1) is 17.9 Å². The number of piperidine rings is 1. The van der Waals surface area contributed by atoms with E-state index in [-0.39, 0.29) is 42.1 Å². The van der Waals surface area contributed by atoms with Crippen molar-refractivity contribution in [3.8, 4) is 11.4 Å². The summed E-state index contributed by atoms with van der Waals surface area (Å²) in [6.45, 7) is 0.995. The Morgan fingerprint density at radius 2 is 1.59 bits per heavy atom. The van der Waals surface area contributed by atoms with Crippen LogP contribution in [-0.4, -0.2) is 67.4 Å². The topological polar surface area (TPSA) is 101 Å². The summed E-state index contributed by atoms with van der Waals surface area (Å²) in [5.74, 6) is 0.561. The van der Waals surface area contributed by atoms with Gasteiger partial charge in [-0.3, -0.25) is 19.3 Å². The van der Waals surface area contributed by atoms with Gasteiger partial charge in [0.15, 0.2) is 0 Å². The number of carbonyl (C=O) groups excluding carboxylic acids is 3. The predicted molar refractivity (Wildman–Crippen MR) is 113 cm³/mol. The van der Waals surface area contributed by atoms with E-state index in [2.05, 4.69) is 15.4 Å².